The van der Waals surface area contributed by atoms with Gasteiger partial charge in [-0.05, 0) is 24.6 Å². The van der Waals surface area contributed by atoms with Gasteiger partial charge in [-0.1, -0.05) is 39.0 Å². The molecule has 2 rings (SSSR count). The first-order valence-corrected chi connectivity index (χ1v) is 6.92. The number of hydrogen-bond donors (Lipinski definition) is 1. The summed E-state index contributed by atoms with van der Waals surface area (Å²) in [6.45, 7) is 8.16. The number of para-hydroxylation sites is 1. The van der Waals surface area contributed by atoms with Crippen LogP contribution in [-0.2, 0) is 0 Å². The summed E-state index contributed by atoms with van der Waals surface area (Å²) in [5.74, 6) is 1.41. The van der Waals surface area contributed by atoms with Crippen molar-refractivity contribution in [3.63, 3.8) is 0 Å². The molecule has 3 nitrogen and oxygen atoms in total. The second kappa shape index (κ2) is 6.53. The number of nitrogens with one attached hydrogen (secondary N) is 1. The second-order valence-corrected chi connectivity index (χ2v) is 5.05. The van der Waals surface area contributed by atoms with Crippen molar-refractivity contribution < 1.29 is 4.74 Å². The number of rotatable bonds is 6. The van der Waals surface area contributed by atoms with Gasteiger partial charge in [-0.3, -0.25) is 4.98 Å². The molecule has 0 saturated carbocycles. The molecule has 0 radical (unpaired) electrons. The normalized spacial score (nSPS) is 12.8. The van der Waals surface area contributed by atoms with Crippen LogP contribution in [0.4, 0.5) is 0 Å². The van der Waals surface area contributed by atoms with E-state index < -0.39 is 0 Å². The Hall–Kier alpha value is -1.61. The van der Waals surface area contributed by atoms with Gasteiger partial charge in [-0.2, -0.15) is 0 Å². The fraction of sp³-hybridized carbons (Fsp3) is 0.438. The Morgan fingerprint density at radius 1 is 1.21 bits per heavy atom. The quantitative estimate of drug-likeness (QED) is 0.863. The lowest BCUT2D eigenvalue weighted by atomic mass is 10.1. The third-order valence-corrected chi connectivity index (χ3v) is 3.29. The summed E-state index contributed by atoms with van der Waals surface area (Å²) in [6.07, 6.45) is 1.80. The average Bonchev–Trinajstić information content (AvgIpc) is 2.43. The van der Waals surface area contributed by atoms with Gasteiger partial charge in [0.25, 0.3) is 0 Å². The Morgan fingerprint density at radius 3 is 2.74 bits per heavy atom. The molecule has 1 N–H and O–H groups in total. The average molecular weight is 258 g/mol. The second-order valence-electron chi connectivity index (χ2n) is 5.05. The molecule has 0 saturated heterocycles. The Bertz CT molecular complexity index is 520. The number of aromatic nitrogens is 1. The third kappa shape index (κ3) is 3.44. The first-order chi connectivity index (χ1) is 9.22. The van der Waals surface area contributed by atoms with Gasteiger partial charge in [-0.25, -0.2) is 0 Å². The smallest absolute Gasteiger partial charge is 0.145 e. The largest absolute Gasteiger partial charge is 0.490 e. The van der Waals surface area contributed by atoms with E-state index in [0.29, 0.717) is 18.6 Å². The van der Waals surface area contributed by atoms with Gasteiger partial charge in [-0.15, -0.1) is 0 Å². The minimum Gasteiger partial charge on any atom is -0.490 e. The summed E-state index contributed by atoms with van der Waals surface area (Å²) in [6, 6.07) is 10.4. The topological polar surface area (TPSA) is 34.1 Å². The summed E-state index contributed by atoms with van der Waals surface area (Å²) in [5.41, 5.74) is 0.934. The van der Waals surface area contributed by atoms with Gasteiger partial charge in [0, 0.05) is 17.6 Å². The van der Waals surface area contributed by atoms with Gasteiger partial charge in [0.2, 0.25) is 0 Å². The molecule has 0 aliphatic heterocycles. The van der Waals surface area contributed by atoms with Crippen molar-refractivity contribution >= 4 is 10.9 Å². The van der Waals surface area contributed by atoms with E-state index in [2.05, 4.69) is 43.2 Å². The third-order valence-electron chi connectivity index (χ3n) is 3.29. The Kier molecular flexibility index (Phi) is 4.74. The van der Waals surface area contributed by atoms with Gasteiger partial charge in [0.15, 0.2) is 0 Å². The highest BCUT2D eigenvalue weighted by Crippen LogP contribution is 2.23. The van der Waals surface area contributed by atoms with Crippen molar-refractivity contribution in [2.24, 2.45) is 5.92 Å². The number of fused-ring (bicyclic) bond motifs is 1. The number of hydrogen-bond acceptors (Lipinski definition) is 3. The highest BCUT2D eigenvalue weighted by molar-refractivity contribution is 5.84. The van der Waals surface area contributed by atoms with E-state index in [0.717, 1.165) is 23.2 Å². The Balaban J connectivity index is 2.13. The number of likely N-dealkylation sites (N-methyl/N-ethyl adjacent to an activating group) is 1. The van der Waals surface area contributed by atoms with Gasteiger partial charge in [0.1, 0.15) is 17.9 Å². The standard InChI is InChI=1S/C16H22N2O/c1-4-17-14(12(2)3)11-19-15-9-5-7-13-8-6-10-18-16(13)15/h5-10,12,14,17H,4,11H2,1-3H3. The van der Waals surface area contributed by atoms with E-state index in [1.54, 1.807) is 6.20 Å². The summed E-state index contributed by atoms with van der Waals surface area (Å²) in [7, 11) is 0. The van der Waals surface area contributed by atoms with Crippen LogP contribution in [0.15, 0.2) is 36.5 Å². The molecule has 0 aliphatic carbocycles. The summed E-state index contributed by atoms with van der Waals surface area (Å²) in [4.78, 5) is 4.40. The van der Waals surface area contributed by atoms with E-state index >= 15 is 0 Å². The molecular formula is C16H22N2O. The van der Waals surface area contributed by atoms with Crippen molar-refractivity contribution in [2.45, 2.75) is 26.8 Å². The minimum absolute atomic E-state index is 0.365. The van der Waals surface area contributed by atoms with Crippen LogP contribution >= 0.6 is 0 Å². The summed E-state index contributed by atoms with van der Waals surface area (Å²) in [5, 5.41) is 4.57. The fourth-order valence-corrected chi connectivity index (χ4v) is 2.12. The maximum atomic E-state index is 5.97. The van der Waals surface area contributed by atoms with E-state index in [4.69, 9.17) is 4.74 Å². The Morgan fingerprint density at radius 2 is 2.00 bits per heavy atom. The number of nitrogens with zero attached hydrogens (tertiary/aromatic N) is 1. The molecule has 3 heteroatoms. The monoisotopic (exact) mass is 258 g/mol. The predicted molar refractivity (Wildman–Crippen MR) is 79.5 cm³/mol. The van der Waals surface area contributed by atoms with E-state index in [-0.39, 0.29) is 0 Å². The molecule has 0 aliphatic rings. The molecule has 1 aromatic carbocycles. The molecule has 1 aromatic heterocycles. The zero-order valence-electron chi connectivity index (χ0n) is 11.9. The van der Waals surface area contributed by atoms with Crippen LogP contribution in [0.5, 0.6) is 5.75 Å². The maximum Gasteiger partial charge on any atom is 0.145 e. The van der Waals surface area contributed by atoms with Gasteiger partial charge in [0.05, 0.1) is 0 Å². The van der Waals surface area contributed by atoms with Crippen LogP contribution in [0.25, 0.3) is 10.9 Å². The molecule has 1 unspecified atom stereocenters. The number of pyridine rings is 1. The van der Waals surface area contributed by atoms with Crippen molar-refractivity contribution in [1.29, 1.82) is 0 Å². The SMILES string of the molecule is CCNC(COc1cccc2cccnc12)C(C)C. The molecule has 0 spiro atoms. The zero-order chi connectivity index (χ0) is 13.7. The number of benzene rings is 1. The van der Waals surface area contributed by atoms with Crippen molar-refractivity contribution in [3.8, 4) is 5.75 Å². The first-order valence-electron chi connectivity index (χ1n) is 6.92. The highest BCUT2D eigenvalue weighted by Gasteiger charge is 2.13. The molecule has 2 aromatic rings. The minimum atomic E-state index is 0.365. The Labute approximate surface area is 115 Å². The maximum absolute atomic E-state index is 5.97. The fourth-order valence-electron chi connectivity index (χ4n) is 2.12. The van der Waals surface area contributed by atoms with E-state index in [9.17, 15) is 0 Å². The summed E-state index contributed by atoms with van der Waals surface area (Å²) >= 11 is 0. The molecule has 0 fully saturated rings. The predicted octanol–water partition coefficient (Wildman–Crippen LogP) is 3.25. The van der Waals surface area contributed by atoms with E-state index in [1.807, 2.05) is 18.2 Å². The van der Waals surface area contributed by atoms with Gasteiger partial charge < -0.3 is 10.1 Å². The molecule has 0 bridgehead atoms. The van der Waals surface area contributed by atoms with Crippen molar-refractivity contribution in [3.05, 3.63) is 36.5 Å². The highest BCUT2D eigenvalue weighted by atomic mass is 16.5. The molecule has 1 heterocycles. The molecule has 19 heavy (non-hydrogen) atoms. The zero-order valence-corrected chi connectivity index (χ0v) is 11.9. The summed E-state index contributed by atoms with van der Waals surface area (Å²) < 4.78 is 5.97. The molecule has 0 amide bonds. The lowest BCUT2D eigenvalue weighted by Gasteiger charge is -2.22. The van der Waals surface area contributed by atoms with Crippen molar-refractivity contribution in [1.82, 2.24) is 10.3 Å². The van der Waals surface area contributed by atoms with E-state index in [1.165, 1.54) is 0 Å². The lowest BCUT2D eigenvalue weighted by molar-refractivity contribution is 0.234. The molecule has 1 atom stereocenters. The van der Waals surface area contributed by atoms with Crippen LogP contribution in [0, 0.1) is 5.92 Å². The van der Waals surface area contributed by atoms with Crippen LogP contribution in [-0.4, -0.2) is 24.2 Å². The molecule has 102 valence electrons. The van der Waals surface area contributed by atoms with Gasteiger partial charge >= 0.3 is 0 Å². The van der Waals surface area contributed by atoms with Crippen molar-refractivity contribution in [2.75, 3.05) is 13.2 Å². The van der Waals surface area contributed by atoms with Crippen LogP contribution in [0.1, 0.15) is 20.8 Å². The van der Waals surface area contributed by atoms with Crippen LogP contribution < -0.4 is 10.1 Å². The van der Waals surface area contributed by atoms with Crippen LogP contribution in [0.3, 0.4) is 0 Å². The number of ether oxygens (including phenoxy) is 1. The lowest BCUT2D eigenvalue weighted by Crippen LogP contribution is -2.38. The first kappa shape index (κ1) is 13.8. The molecular weight excluding hydrogens is 236 g/mol. The van der Waals surface area contributed by atoms with Crippen LogP contribution in [0.2, 0.25) is 0 Å².